The molecule has 4 nitrogen and oxygen atoms in total. The number of benzene rings is 2. The first kappa shape index (κ1) is 18.4. The van der Waals surface area contributed by atoms with Crippen LogP contribution in [0.3, 0.4) is 0 Å². The predicted molar refractivity (Wildman–Crippen MR) is 120 cm³/mol. The number of rotatable bonds is 3. The van der Waals surface area contributed by atoms with Crippen LogP contribution in [0.4, 0.5) is 0 Å². The van der Waals surface area contributed by atoms with Crippen LogP contribution in [0.25, 0.3) is 26.7 Å². The Hall–Kier alpha value is -2.66. The van der Waals surface area contributed by atoms with Gasteiger partial charge in [-0.15, -0.1) is 11.3 Å². The smallest absolute Gasteiger partial charge is 0.263 e. The van der Waals surface area contributed by atoms with E-state index in [1.807, 2.05) is 42.6 Å². The molecule has 5 heteroatoms. The number of fused-ring (bicyclic) bond motifs is 2. The molecule has 1 fully saturated rings. The van der Waals surface area contributed by atoms with Gasteiger partial charge in [-0.3, -0.25) is 9.36 Å². The van der Waals surface area contributed by atoms with Crippen molar-refractivity contribution in [1.82, 2.24) is 9.55 Å². The van der Waals surface area contributed by atoms with Gasteiger partial charge in [0.15, 0.2) is 0 Å². The highest BCUT2D eigenvalue weighted by molar-refractivity contribution is 7.18. The number of nitrogens with zero attached hydrogens (tertiary/aromatic N) is 2. The topological polar surface area (TPSA) is 44.1 Å². The minimum absolute atomic E-state index is 0.0354. The summed E-state index contributed by atoms with van der Waals surface area (Å²) in [6, 6.07) is 13.7. The normalized spacial score (nSPS) is 19.7. The summed E-state index contributed by atoms with van der Waals surface area (Å²) in [5.41, 5.74) is 1.69. The third-order valence-electron chi connectivity index (χ3n) is 6.14. The Labute approximate surface area is 173 Å². The van der Waals surface area contributed by atoms with E-state index in [0.717, 1.165) is 27.2 Å². The lowest BCUT2D eigenvalue weighted by Crippen LogP contribution is -2.18. The van der Waals surface area contributed by atoms with Gasteiger partial charge in [-0.05, 0) is 42.3 Å². The molecule has 0 radical (unpaired) electrons. The van der Waals surface area contributed by atoms with Gasteiger partial charge in [0.1, 0.15) is 5.75 Å². The summed E-state index contributed by atoms with van der Waals surface area (Å²) in [5, 5.41) is 2.87. The van der Waals surface area contributed by atoms with Crippen molar-refractivity contribution in [1.29, 1.82) is 0 Å². The van der Waals surface area contributed by atoms with Crippen molar-refractivity contribution in [2.24, 2.45) is 5.92 Å². The first-order valence-corrected chi connectivity index (χ1v) is 11.0. The Kier molecular flexibility index (Phi) is 4.63. The zero-order valence-electron chi connectivity index (χ0n) is 16.7. The van der Waals surface area contributed by atoms with E-state index in [1.54, 1.807) is 23.0 Å². The summed E-state index contributed by atoms with van der Waals surface area (Å²) in [7, 11) is 1.65. The fourth-order valence-electron chi connectivity index (χ4n) is 4.37. The maximum atomic E-state index is 13.1. The zero-order valence-corrected chi connectivity index (χ0v) is 17.5. The summed E-state index contributed by atoms with van der Waals surface area (Å²) in [6.45, 7) is 2.34. The van der Waals surface area contributed by atoms with Crippen molar-refractivity contribution in [3.8, 4) is 11.4 Å². The molecule has 148 valence electrons. The molecule has 0 saturated heterocycles. The van der Waals surface area contributed by atoms with Crippen LogP contribution in [-0.4, -0.2) is 16.7 Å². The van der Waals surface area contributed by atoms with Gasteiger partial charge in [0, 0.05) is 23.6 Å². The number of pyridine rings is 1. The van der Waals surface area contributed by atoms with Gasteiger partial charge in [-0.2, -0.15) is 0 Å². The van der Waals surface area contributed by atoms with E-state index in [4.69, 9.17) is 9.72 Å². The van der Waals surface area contributed by atoms with Gasteiger partial charge in [-0.25, -0.2) is 4.98 Å². The Morgan fingerprint density at radius 3 is 2.69 bits per heavy atom. The molecule has 0 bridgehead atoms. The number of hydrogen-bond donors (Lipinski definition) is 0. The SMILES string of the molecule is COc1cc2nc([C@H]3CC[C@H](C)CC3)sc2cc1-n1ccc2ccccc2c1=O. The van der Waals surface area contributed by atoms with Crippen molar-refractivity contribution in [2.45, 2.75) is 38.5 Å². The van der Waals surface area contributed by atoms with Crippen LogP contribution in [-0.2, 0) is 0 Å². The molecular weight excluding hydrogens is 380 g/mol. The third kappa shape index (κ3) is 3.23. The van der Waals surface area contributed by atoms with Crippen molar-refractivity contribution in [3.05, 3.63) is 64.0 Å². The van der Waals surface area contributed by atoms with Crippen LogP contribution in [0.2, 0.25) is 0 Å². The molecule has 1 saturated carbocycles. The van der Waals surface area contributed by atoms with Crippen molar-refractivity contribution >= 4 is 32.3 Å². The molecule has 29 heavy (non-hydrogen) atoms. The number of hydrogen-bond acceptors (Lipinski definition) is 4. The molecule has 4 aromatic rings. The lowest BCUT2D eigenvalue weighted by atomic mass is 9.83. The maximum absolute atomic E-state index is 13.1. The molecule has 2 aromatic carbocycles. The first-order valence-electron chi connectivity index (χ1n) is 10.2. The van der Waals surface area contributed by atoms with E-state index in [-0.39, 0.29) is 5.56 Å². The molecule has 1 aliphatic carbocycles. The standard InChI is InChI=1S/C24H24N2O2S/c1-15-7-9-17(10-8-15)23-25-19-13-21(28-2)20(14-22(19)29-23)26-12-11-16-5-3-4-6-18(16)24(26)27/h3-6,11-15,17H,7-10H2,1-2H3/t15-,17-. The highest BCUT2D eigenvalue weighted by atomic mass is 32.1. The maximum Gasteiger partial charge on any atom is 0.263 e. The molecule has 2 heterocycles. The van der Waals surface area contributed by atoms with E-state index in [1.165, 1.54) is 30.7 Å². The Balaban J connectivity index is 1.62. The molecular formula is C24H24N2O2S. The van der Waals surface area contributed by atoms with Gasteiger partial charge in [0.25, 0.3) is 5.56 Å². The fourth-order valence-corrected chi connectivity index (χ4v) is 5.53. The minimum atomic E-state index is -0.0354. The second-order valence-corrected chi connectivity index (χ2v) is 9.14. The van der Waals surface area contributed by atoms with Gasteiger partial charge < -0.3 is 4.74 Å². The number of thiazole rings is 1. The molecule has 0 aliphatic heterocycles. The van der Waals surface area contributed by atoms with Crippen LogP contribution < -0.4 is 10.3 Å². The van der Waals surface area contributed by atoms with Gasteiger partial charge in [0.05, 0.1) is 28.0 Å². The van der Waals surface area contributed by atoms with Crippen LogP contribution in [0.1, 0.15) is 43.5 Å². The van der Waals surface area contributed by atoms with Gasteiger partial charge >= 0.3 is 0 Å². The average molecular weight is 405 g/mol. The van der Waals surface area contributed by atoms with Crippen molar-refractivity contribution in [3.63, 3.8) is 0 Å². The highest BCUT2D eigenvalue weighted by Gasteiger charge is 2.23. The summed E-state index contributed by atoms with van der Waals surface area (Å²) < 4.78 is 8.44. The largest absolute Gasteiger partial charge is 0.494 e. The monoisotopic (exact) mass is 404 g/mol. The fraction of sp³-hybridized carbons (Fsp3) is 0.333. The first-order chi connectivity index (χ1) is 14.1. The number of aromatic nitrogens is 2. The highest BCUT2D eigenvalue weighted by Crippen LogP contribution is 2.40. The quantitative estimate of drug-likeness (QED) is 0.427. The average Bonchev–Trinajstić information content (AvgIpc) is 3.17. The number of ether oxygens (including phenoxy) is 1. The van der Waals surface area contributed by atoms with E-state index in [2.05, 4.69) is 13.0 Å². The van der Waals surface area contributed by atoms with Crippen LogP contribution in [0.15, 0.2) is 53.5 Å². The second-order valence-electron chi connectivity index (χ2n) is 8.08. The van der Waals surface area contributed by atoms with Crippen molar-refractivity contribution in [2.75, 3.05) is 7.11 Å². The molecule has 0 N–H and O–H groups in total. The molecule has 0 spiro atoms. The Morgan fingerprint density at radius 1 is 1.10 bits per heavy atom. The lowest BCUT2D eigenvalue weighted by molar-refractivity contribution is 0.347. The van der Waals surface area contributed by atoms with E-state index in [9.17, 15) is 4.79 Å². The predicted octanol–water partition coefficient (Wildman–Crippen LogP) is 5.90. The number of methoxy groups -OCH3 is 1. The van der Waals surface area contributed by atoms with Crippen LogP contribution >= 0.6 is 11.3 Å². The zero-order chi connectivity index (χ0) is 20.0. The molecule has 5 rings (SSSR count). The Morgan fingerprint density at radius 2 is 1.90 bits per heavy atom. The molecule has 2 aromatic heterocycles. The molecule has 1 aliphatic rings. The Bertz CT molecular complexity index is 1250. The summed E-state index contributed by atoms with van der Waals surface area (Å²) in [4.78, 5) is 18.0. The van der Waals surface area contributed by atoms with Crippen LogP contribution in [0.5, 0.6) is 5.75 Å². The lowest BCUT2D eigenvalue weighted by Gasteiger charge is -2.24. The van der Waals surface area contributed by atoms with Crippen LogP contribution in [0, 0.1) is 5.92 Å². The summed E-state index contributed by atoms with van der Waals surface area (Å²) in [6.07, 6.45) is 6.83. The second kappa shape index (κ2) is 7.30. The molecule has 0 unspecified atom stereocenters. The van der Waals surface area contributed by atoms with Crippen molar-refractivity contribution < 1.29 is 4.74 Å². The third-order valence-corrected chi connectivity index (χ3v) is 7.32. The van der Waals surface area contributed by atoms with Gasteiger partial charge in [-0.1, -0.05) is 38.0 Å². The summed E-state index contributed by atoms with van der Waals surface area (Å²) in [5.74, 6) is 2.05. The summed E-state index contributed by atoms with van der Waals surface area (Å²) >= 11 is 1.76. The molecule has 0 amide bonds. The van der Waals surface area contributed by atoms with E-state index < -0.39 is 0 Å². The van der Waals surface area contributed by atoms with E-state index in [0.29, 0.717) is 17.1 Å². The minimum Gasteiger partial charge on any atom is -0.494 e. The molecule has 0 atom stereocenters. The van der Waals surface area contributed by atoms with E-state index >= 15 is 0 Å². The van der Waals surface area contributed by atoms with Gasteiger partial charge in [0.2, 0.25) is 0 Å².